The molecule has 0 saturated carbocycles. The van der Waals surface area contributed by atoms with Gasteiger partial charge in [0.2, 0.25) is 0 Å². The van der Waals surface area contributed by atoms with Gasteiger partial charge in [-0.25, -0.2) is 4.79 Å². The van der Waals surface area contributed by atoms with Crippen LogP contribution in [0.5, 0.6) is 0 Å². The van der Waals surface area contributed by atoms with Crippen LogP contribution in [0.3, 0.4) is 0 Å². The molecular weight excluding hydrogens is 390 g/mol. The van der Waals surface area contributed by atoms with Crippen LogP contribution < -0.4 is 5.32 Å². The normalized spacial score (nSPS) is 10.5. The van der Waals surface area contributed by atoms with Crippen molar-refractivity contribution in [3.8, 4) is 0 Å². The summed E-state index contributed by atoms with van der Waals surface area (Å²) in [6.07, 6.45) is 3.18. The molecule has 154 valence electrons. The SMILES string of the molecule is O=C(Nc1ccccc1)c1ccc(COC(=O)c2cnn(Cc3ccccc3)c2)cc1. The molecule has 3 aromatic carbocycles. The molecule has 1 aromatic heterocycles. The Balaban J connectivity index is 1.30. The Morgan fingerprint density at radius 3 is 2.19 bits per heavy atom. The van der Waals surface area contributed by atoms with E-state index >= 15 is 0 Å². The molecule has 0 aliphatic carbocycles. The van der Waals surface area contributed by atoms with Crippen molar-refractivity contribution in [2.24, 2.45) is 0 Å². The molecular formula is C25H21N3O3. The Morgan fingerprint density at radius 2 is 1.48 bits per heavy atom. The van der Waals surface area contributed by atoms with E-state index in [4.69, 9.17) is 4.74 Å². The topological polar surface area (TPSA) is 73.2 Å². The highest BCUT2D eigenvalue weighted by molar-refractivity contribution is 6.04. The third-order valence-corrected chi connectivity index (χ3v) is 4.67. The fourth-order valence-corrected chi connectivity index (χ4v) is 3.04. The van der Waals surface area contributed by atoms with Crippen LogP contribution in [-0.2, 0) is 17.9 Å². The van der Waals surface area contributed by atoms with E-state index in [1.807, 2.05) is 60.7 Å². The number of esters is 1. The van der Waals surface area contributed by atoms with E-state index in [9.17, 15) is 9.59 Å². The molecule has 0 unspecified atom stereocenters. The minimum absolute atomic E-state index is 0.114. The van der Waals surface area contributed by atoms with E-state index in [1.54, 1.807) is 35.1 Å². The van der Waals surface area contributed by atoms with Crippen LogP contribution in [0.2, 0.25) is 0 Å². The molecule has 0 aliphatic heterocycles. The van der Waals surface area contributed by atoms with Crippen molar-refractivity contribution in [1.82, 2.24) is 9.78 Å². The molecule has 0 saturated heterocycles. The van der Waals surface area contributed by atoms with Crippen LogP contribution in [0.15, 0.2) is 97.3 Å². The Kier molecular flexibility index (Phi) is 6.18. The van der Waals surface area contributed by atoms with Crippen LogP contribution in [0, 0.1) is 0 Å². The lowest BCUT2D eigenvalue weighted by atomic mass is 10.1. The molecule has 1 heterocycles. The number of carbonyl (C=O) groups is 2. The van der Waals surface area contributed by atoms with E-state index in [0.29, 0.717) is 17.7 Å². The van der Waals surface area contributed by atoms with Crippen LogP contribution in [-0.4, -0.2) is 21.7 Å². The summed E-state index contributed by atoms with van der Waals surface area (Å²) in [5, 5.41) is 7.06. The highest BCUT2D eigenvalue weighted by atomic mass is 16.5. The zero-order chi connectivity index (χ0) is 21.5. The lowest BCUT2D eigenvalue weighted by Crippen LogP contribution is -2.11. The lowest BCUT2D eigenvalue weighted by Gasteiger charge is -2.07. The Hall–Kier alpha value is -4.19. The molecule has 0 spiro atoms. The molecule has 0 aliphatic rings. The first-order valence-electron chi connectivity index (χ1n) is 9.86. The lowest BCUT2D eigenvalue weighted by molar-refractivity contribution is 0.0472. The number of ether oxygens (including phenoxy) is 1. The number of para-hydroxylation sites is 1. The third kappa shape index (κ3) is 5.45. The maximum atomic E-state index is 12.3. The summed E-state index contributed by atoms with van der Waals surface area (Å²) in [5.74, 6) is -0.634. The number of hydrogen-bond donors (Lipinski definition) is 1. The summed E-state index contributed by atoms with van der Waals surface area (Å²) >= 11 is 0. The van der Waals surface area contributed by atoms with Crippen molar-refractivity contribution in [2.75, 3.05) is 5.32 Å². The van der Waals surface area contributed by atoms with Gasteiger partial charge in [0.25, 0.3) is 5.91 Å². The number of anilines is 1. The summed E-state index contributed by atoms with van der Waals surface area (Å²) in [7, 11) is 0. The Labute approximate surface area is 180 Å². The van der Waals surface area contributed by atoms with Gasteiger partial charge in [0, 0.05) is 17.4 Å². The Bertz CT molecular complexity index is 1150. The average Bonchev–Trinajstić information content (AvgIpc) is 3.28. The van der Waals surface area contributed by atoms with Crippen LogP contribution in [0.1, 0.15) is 31.8 Å². The first-order valence-corrected chi connectivity index (χ1v) is 9.86. The molecule has 0 bridgehead atoms. The molecule has 1 amide bonds. The molecule has 1 N–H and O–H groups in total. The average molecular weight is 411 g/mol. The smallest absolute Gasteiger partial charge is 0.341 e. The minimum atomic E-state index is -0.440. The number of rotatable bonds is 7. The largest absolute Gasteiger partial charge is 0.457 e. The van der Waals surface area contributed by atoms with Gasteiger partial charge >= 0.3 is 5.97 Å². The molecule has 6 heteroatoms. The summed E-state index contributed by atoms with van der Waals surface area (Å²) in [6, 6.07) is 26.1. The molecule has 0 fully saturated rings. The van der Waals surface area contributed by atoms with E-state index in [1.165, 1.54) is 6.20 Å². The van der Waals surface area contributed by atoms with Crippen molar-refractivity contribution in [2.45, 2.75) is 13.2 Å². The van der Waals surface area contributed by atoms with Crippen molar-refractivity contribution in [3.05, 3.63) is 120 Å². The van der Waals surface area contributed by atoms with E-state index < -0.39 is 5.97 Å². The monoisotopic (exact) mass is 411 g/mol. The molecule has 0 radical (unpaired) electrons. The van der Waals surface area contributed by atoms with Crippen LogP contribution in [0.4, 0.5) is 5.69 Å². The fourth-order valence-electron chi connectivity index (χ4n) is 3.04. The second-order valence-corrected chi connectivity index (χ2v) is 7.01. The van der Waals surface area contributed by atoms with Gasteiger partial charge < -0.3 is 10.1 Å². The van der Waals surface area contributed by atoms with Crippen LogP contribution >= 0.6 is 0 Å². The predicted molar refractivity (Wildman–Crippen MR) is 118 cm³/mol. The summed E-state index contributed by atoms with van der Waals surface area (Å²) < 4.78 is 7.08. The number of carbonyl (C=O) groups excluding carboxylic acids is 2. The van der Waals surface area contributed by atoms with Gasteiger partial charge in [-0.1, -0.05) is 60.7 Å². The van der Waals surface area contributed by atoms with Crippen LogP contribution in [0.25, 0.3) is 0 Å². The van der Waals surface area contributed by atoms with Gasteiger partial charge in [-0.15, -0.1) is 0 Å². The maximum absolute atomic E-state index is 12.3. The summed E-state index contributed by atoms with van der Waals surface area (Å²) in [5.41, 5.74) is 3.55. The fraction of sp³-hybridized carbons (Fsp3) is 0.0800. The molecule has 4 aromatic rings. The zero-order valence-corrected chi connectivity index (χ0v) is 16.8. The highest BCUT2D eigenvalue weighted by Gasteiger charge is 2.11. The standard InChI is InChI=1S/C25H21N3O3/c29-24(27-23-9-5-2-6-10-23)21-13-11-20(12-14-21)18-31-25(30)22-15-26-28(17-22)16-19-7-3-1-4-8-19/h1-15,17H,16,18H2,(H,27,29). The number of hydrogen-bond acceptors (Lipinski definition) is 4. The van der Waals surface area contributed by atoms with Gasteiger partial charge in [0.1, 0.15) is 6.61 Å². The quantitative estimate of drug-likeness (QED) is 0.453. The summed E-state index contributed by atoms with van der Waals surface area (Å²) in [4.78, 5) is 24.6. The minimum Gasteiger partial charge on any atom is -0.457 e. The first kappa shape index (κ1) is 20.1. The van der Waals surface area contributed by atoms with Gasteiger partial charge in [-0.2, -0.15) is 5.10 Å². The van der Waals surface area contributed by atoms with Crippen molar-refractivity contribution in [3.63, 3.8) is 0 Å². The maximum Gasteiger partial charge on any atom is 0.341 e. The zero-order valence-electron chi connectivity index (χ0n) is 16.8. The first-order chi connectivity index (χ1) is 15.2. The predicted octanol–water partition coefficient (Wildman–Crippen LogP) is 4.54. The number of nitrogens with zero attached hydrogens (tertiary/aromatic N) is 2. The van der Waals surface area contributed by atoms with Crippen molar-refractivity contribution < 1.29 is 14.3 Å². The van der Waals surface area contributed by atoms with Gasteiger partial charge in [0.15, 0.2) is 0 Å². The van der Waals surface area contributed by atoms with Gasteiger partial charge in [0.05, 0.1) is 18.3 Å². The van der Waals surface area contributed by atoms with Gasteiger partial charge in [-0.05, 0) is 35.4 Å². The van der Waals surface area contributed by atoms with Gasteiger partial charge in [-0.3, -0.25) is 9.48 Å². The second kappa shape index (κ2) is 9.54. The molecule has 0 atom stereocenters. The van der Waals surface area contributed by atoms with Crippen molar-refractivity contribution in [1.29, 1.82) is 0 Å². The van der Waals surface area contributed by atoms with E-state index in [0.717, 1.165) is 16.8 Å². The number of benzene rings is 3. The number of aromatic nitrogens is 2. The third-order valence-electron chi connectivity index (χ3n) is 4.67. The molecule has 31 heavy (non-hydrogen) atoms. The number of nitrogens with one attached hydrogen (secondary N) is 1. The van der Waals surface area contributed by atoms with Crippen molar-refractivity contribution >= 4 is 17.6 Å². The Morgan fingerprint density at radius 1 is 0.806 bits per heavy atom. The molecule has 6 nitrogen and oxygen atoms in total. The highest BCUT2D eigenvalue weighted by Crippen LogP contribution is 2.12. The molecule has 4 rings (SSSR count). The van der Waals surface area contributed by atoms with E-state index in [2.05, 4.69) is 10.4 Å². The summed E-state index contributed by atoms with van der Waals surface area (Å²) in [6.45, 7) is 0.698. The van der Waals surface area contributed by atoms with E-state index in [-0.39, 0.29) is 12.5 Å². The number of amides is 1. The second-order valence-electron chi connectivity index (χ2n) is 7.01.